The van der Waals surface area contributed by atoms with Gasteiger partial charge in [-0.15, -0.1) is 11.3 Å². The lowest BCUT2D eigenvalue weighted by molar-refractivity contribution is 0.0956. The maximum absolute atomic E-state index is 12.8. The van der Waals surface area contributed by atoms with Gasteiger partial charge in [0.2, 0.25) is 0 Å². The second kappa shape index (κ2) is 7.94. The molecule has 0 unspecified atom stereocenters. The first-order valence-corrected chi connectivity index (χ1v) is 10.2. The zero-order chi connectivity index (χ0) is 19.5. The summed E-state index contributed by atoms with van der Waals surface area (Å²) < 4.78 is 2.04. The van der Waals surface area contributed by atoms with Crippen LogP contribution in [0.15, 0.2) is 60.4 Å². The predicted molar refractivity (Wildman–Crippen MR) is 113 cm³/mol. The smallest absolute Gasteiger partial charge is 0.253 e. The van der Waals surface area contributed by atoms with Crippen molar-refractivity contribution in [3.8, 4) is 11.4 Å². The molecule has 28 heavy (non-hydrogen) atoms. The molecule has 5 nitrogen and oxygen atoms in total. The van der Waals surface area contributed by atoms with E-state index in [1.165, 1.54) is 0 Å². The molecule has 1 amide bonds. The van der Waals surface area contributed by atoms with Crippen LogP contribution in [0, 0.1) is 0 Å². The molecule has 1 N–H and O–H groups in total. The minimum absolute atomic E-state index is 0.0712. The molecule has 0 saturated carbocycles. The zero-order valence-corrected chi connectivity index (χ0v) is 16.7. The number of hydrogen-bond donors (Lipinski definition) is 1. The van der Waals surface area contributed by atoms with Gasteiger partial charge in [0, 0.05) is 36.4 Å². The van der Waals surface area contributed by atoms with Gasteiger partial charge in [-0.3, -0.25) is 9.78 Å². The van der Waals surface area contributed by atoms with E-state index in [0.29, 0.717) is 18.0 Å². The van der Waals surface area contributed by atoms with E-state index in [-0.39, 0.29) is 5.91 Å². The van der Waals surface area contributed by atoms with Gasteiger partial charge >= 0.3 is 0 Å². The normalized spacial score (nSPS) is 11.2. The average Bonchev–Trinajstić information content (AvgIpc) is 3.34. The Labute approximate surface area is 168 Å². The third-order valence-corrected chi connectivity index (χ3v) is 5.77. The van der Waals surface area contributed by atoms with Gasteiger partial charge in [-0.2, -0.15) is 0 Å². The molecule has 4 heterocycles. The van der Waals surface area contributed by atoms with Gasteiger partial charge in [0.25, 0.3) is 5.91 Å². The van der Waals surface area contributed by atoms with Gasteiger partial charge in [-0.1, -0.05) is 26.0 Å². The van der Waals surface area contributed by atoms with Crippen LogP contribution >= 0.6 is 11.3 Å². The summed E-state index contributed by atoms with van der Waals surface area (Å²) in [6, 6.07) is 11.7. The molecule has 4 rings (SSSR count). The maximum atomic E-state index is 12.8. The van der Waals surface area contributed by atoms with Crippen molar-refractivity contribution in [3.63, 3.8) is 0 Å². The average molecular weight is 391 g/mol. The van der Waals surface area contributed by atoms with E-state index in [1.54, 1.807) is 17.5 Å². The van der Waals surface area contributed by atoms with Crippen LogP contribution in [0.1, 0.15) is 40.7 Å². The Bertz CT molecular complexity index is 1100. The van der Waals surface area contributed by atoms with Gasteiger partial charge in [0.05, 0.1) is 27.5 Å². The highest BCUT2D eigenvalue weighted by Crippen LogP contribution is 2.29. The van der Waals surface area contributed by atoms with E-state index in [4.69, 9.17) is 4.98 Å². The quantitative estimate of drug-likeness (QED) is 0.525. The lowest BCUT2D eigenvalue weighted by Gasteiger charge is -2.04. The monoisotopic (exact) mass is 390 g/mol. The summed E-state index contributed by atoms with van der Waals surface area (Å²) in [5, 5.41) is 6.19. The molecule has 4 aromatic rings. The third kappa shape index (κ3) is 3.68. The van der Waals surface area contributed by atoms with Crippen LogP contribution in [-0.2, 0) is 6.42 Å². The summed E-state index contributed by atoms with van der Waals surface area (Å²) in [6.45, 7) is 4.85. The maximum Gasteiger partial charge on any atom is 0.253 e. The summed E-state index contributed by atoms with van der Waals surface area (Å²) in [7, 11) is 0. The van der Waals surface area contributed by atoms with Crippen LogP contribution in [0.2, 0.25) is 0 Å². The van der Waals surface area contributed by atoms with Crippen molar-refractivity contribution in [2.24, 2.45) is 0 Å². The molecule has 0 atom stereocenters. The van der Waals surface area contributed by atoms with Crippen molar-refractivity contribution in [2.75, 3.05) is 6.54 Å². The molecular weight excluding hydrogens is 368 g/mol. The highest BCUT2D eigenvalue weighted by atomic mass is 32.1. The number of hydrogen-bond acceptors (Lipinski definition) is 4. The molecule has 0 fully saturated rings. The highest BCUT2D eigenvalue weighted by molar-refractivity contribution is 7.10. The molecule has 142 valence electrons. The van der Waals surface area contributed by atoms with Gasteiger partial charge in [-0.25, -0.2) is 4.98 Å². The van der Waals surface area contributed by atoms with E-state index >= 15 is 0 Å². The van der Waals surface area contributed by atoms with Crippen LogP contribution in [-0.4, -0.2) is 26.8 Å². The topological polar surface area (TPSA) is 59.3 Å². The summed E-state index contributed by atoms with van der Waals surface area (Å²) in [5.41, 5.74) is 4.51. The molecule has 0 radical (unpaired) electrons. The standard InChI is InChI=1S/C22H22N4OS/c1-15(2)22-25-18(14-28-22)20-12-17(19-7-3-4-11-26(19)20)21(27)24-10-8-16-6-5-9-23-13-16/h3-7,9,11-15H,8,10H2,1-2H3,(H,24,27). The number of carbonyl (C=O) groups is 1. The molecule has 0 bridgehead atoms. The van der Waals surface area contributed by atoms with Crippen molar-refractivity contribution < 1.29 is 4.79 Å². The second-order valence-electron chi connectivity index (χ2n) is 6.99. The Kier molecular flexibility index (Phi) is 5.21. The Hall–Kier alpha value is -2.99. The van der Waals surface area contributed by atoms with Crippen LogP contribution in [0.25, 0.3) is 16.9 Å². The molecule has 0 aliphatic carbocycles. The number of thiazole rings is 1. The number of nitrogens with one attached hydrogen (secondary N) is 1. The fourth-order valence-corrected chi connectivity index (χ4v) is 3.99. The Balaban J connectivity index is 1.59. The third-order valence-electron chi connectivity index (χ3n) is 4.62. The summed E-state index contributed by atoms with van der Waals surface area (Å²) in [5.74, 6) is 0.318. The van der Waals surface area contributed by atoms with Gasteiger partial charge in [-0.05, 0) is 36.2 Å². The SMILES string of the molecule is CC(C)c1nc(-c2cc(C(=O)NCCc3cccnc3)c3ccccn23)cs1. The lowest BCUT2D eigenvalue weighted by Crippen LogP contribution is -2.25. The number of fused-ring (bicyclic) bond motifs is 1. The predicted octanol–water partition coefficient (Wildman–Crippen LogP) is 4.55. The molecular formula is C22H22N4OS. The van der Waals surface area contributed by atoms with E-state index in [9.17, 15) is 4.79 Å². The van der Waals surface area contributed by atoms with Crippen molar-refractivity contribution >= 4 is 22.8 Å². The highest BCUT2D eigenvalue weighted by Gasteiger charge is 2.18. The van der Waals surface area contributed by atoms with Gasteiger partial charge in [0.15, 0.2) is 0 Å². The molecule has 0 spiro atoms. The van der Waals surface area contributed by atoms with Crippen LogP contribution in [0.5, 0.6) is 0 Å². The largest absolute Gasteiger partial charge is 0.352 e. The van der Waals surface area contributed by atoms with Crippen molar-refractivity contribution in [1.29, 1.82) is 0 Å². The van der Waals surface area contributed by atoms with Crippen molar-refractivity contribution in [3.05, 3.63) is 76.5 Å². The fraction of sp³-hybridized carbons (Fsp3) is 0.227. The summed E-state index contributed by atoms with van der Waals surface area (Å²) in [6.07, 6.45) is 6.31. The van der Waals surface area contributed by atoms with E-state index < -0.39 is 0 Å². The molecule has 0 aliphatic heterocycles. The number of nitrogens with zero attached hydrogens (tertiary/aromatic N) is 3. The van der Waals surface area contributed by atoms with E-state index in [1.807, 2.05) is 53.2 Å². The van der Waals surface area contributed by atoms with Crippen molar-refractivity contribution in [2.45, 2.75) is 26.2 Å². The Morgan fingerprint density at radius 3 is 2.89 bits per heavy atom. The molecule has 0 aliphatic rings. The molecule has 4 aromatic heterocycles. The molecule has 0 aromatic carbocycles. The fourth-order valence-electron chi connectivity index (χ4n) is 3.16. The molecule has 0 saturated heterocycles. The lowest BCUT2D eigenvalue weighted by atomic mass is 10.2. The van der Waals surface area contributed by atoms with E-state index in [0.717, 1.165) is 33.9 Å². The summed E-state index contributed by atoms with van der Waals surface area (Å²) in [4.78, 5) is 21.7. The van der Waals surface area contributed by atoms with E-state index in [2.05, 4.69) is 29.5 Å². The number of amides is 1. The number of rotatable bonds is 6. The van der Waals surface area contributed by atoms with Crippen LogP contribution < -0.4 is 5.32 Å². The number of carbonyl (C=O) groups excluding carboxylic acids is 1. The minimum atomic E-state index is -0.0712. The zero-order valence-electron chi connectivity index (χ0n) is 15.9. The first kappa shape index (κ1) is 18.4. The Morgan fingerprint density at radius 1 is 1.25 bits per heavy atom. The van der Waals surface area contributed by atoms with Crippen molar-refractivity contribution in [1.82, 2.24) is 19.7 Å². The second-order valence-corrected chi connectivity index (χ2v) is 7.88. The van der Waals surface area contributed by atoms with Gasteiger partial charge < -0.3 is 9.72 Å². The van der Waals surface area contributed by atoms with Crippen LogP contribution in [0.4, 0.5) is 0 Å². The van der Waals surface area contributed by atoms with Gasteiger partial charge in [0.1, 0.15) is 0 Å². The first-order valence-electron chi connectivity index (χ1n) is 9.36. The minimum Gasteiger partial charge on any atom is -0.352 e. The Morgan fingerprint density at radius 2 is 2.14 bits per heavy atom. The van der Waals surface area contributed by atoms with Crippen LogP contribution in [0.3, 0.4) is 0 Å². The number of pyridine rings is 2. The molecule has 6 heteroatoms. The number of aromatic nitrogens is 3. The first-order chi connectivity index (χ1) is 13.6. The summed E-state index contributed by atoms with van der Waals surface area (Å²) >= 11 is 1.66.